The third kappa shape index (κ3) is 3.54. The number of carbonyl (C=O) groups is 2. The van der Waals surface area contributed by atoms with E-state index in [1.807, 2.05) is 60.5 Å². The van der Waals surface area contributed by atoms with Crippen molar-refractivity contribution in [3.05, 3.63) is 83.6 Å². The van der Waals surface area contributed by atoms with E-state index in [-0.39, 0.29) is 18.4 Å². The van der Waals surface area contributed by atoms with Crippen LogP contribution in [0.4, 0.5) is 0 Å². The Bertz CT molecular complexity index is 1330. The van der Waals surface area contributed by atoms with Crippen LogP contribution in [0.15, 0.2) is 66.7 Å². The van der Waals surface area contributed by atoms with E-state index in [4.69, 9.17) is 0 Å². The first kappa shape index (κ1) is 20.3. The molecule has 1 atom stereocenters. The number of amides is 1. The zero-order valence-electron chi connectivity index (χ0n) is 18.1. The van der Waals surface area contributed by atoms with Crippen molar-refractivity contribution >= 4 is 33.6 Å². The van der Waals surface area contributed by atoms with Gasteiger partial charge in [0.05, 0.1) is 12.8 Å². The molecule has 1 unspecified atom stereocenters. The molecule has 0 bridgehead atoms. The van der Waals surface area contributed by atoms with Crippen molar-refractivity contribution in [1.29, 1.82) is 0 Å². The van der Waals surface area contributed by atoms with E-state index in [1.165, 1.54) is 0 Å². The minimum absolute atomic E-state index is 0.0311. The summed E-state index contributed by atoms with van der Waals surface area (Å²) in [7, 11) is 1.90. The summed E-state index contributed by atoms with van der Waals surface area (Å²) in [6.45, 7) is 0.688. The van der Waals surface area contributed by atoms with E-state index >= 15 is 0 Å². The topological polar surface area (TPSA) is 62.5 Å². The summed E-state index contributed by atoms with van der Waals surface area (Å²) >= 11 is 0. The van der Waals surface area contributed by atoms with Crippen LogP contribution in [0.5, 0.6) is 0 Å². The van der Waals surface area contributed by atoms with Crippen molar-refractivity contribution in [2.24, 2.45) is 0 Å². The zero-order chi connectivity index (χ0) is 22.2. The highest BCUT2D eigenvalue weighted by Crippen LogP contribution is 2.32. The first-order valence-electron chi connectivity index (χ1n) is 11.1. The van der Waals surface area contributed by atoms with Crippen LogP contribution < -0.4 is 0 Å². The number of carbonyl (C=O) groups excluding carboxylic acids is 1. The fraction of sp³-hybridized carbons (Fsp3) is 0.259. The van der Waals surface area contributed by atoms with Crippen LogP contribution in [-0.4, -0.2) is 39.5 Å². The van der Waals surface area contributed by atoms with Crippen LogP contribution in [0.1, 0.15) is 23.2 Å². The monoisotopic (exact) mass is 426 g/mol. The summed E-state index contributed by atoms with van der Waals surface area (Å²) in [4.78, 5) is 26.6. The van der Waals surface area contributed by atoms with Crippen LogP contribution in [0.25, 0.3) is 21.7 Å². The van der Waals surface area contributed by atoms with Crippen LogP contribution >= 0.6 is 0 Å². The van der Waals surface area contributed by atoms with Crippen LogP contribution in [0, 0.1) is 0 Å². The highest BCUT2D eigenvalue weighted by atomic mass is 16.4. The van der Waals surface area contributed by atoms with Gasteiger partial charge < -0.3 is 14.6 Å². The molecule has 5 nitrogen and oxygen atoms in total. The molecule has 1 amide bonds. The molecule has 2 heterocycles. The normalized spacial score (nSPS) is 15.6. The second-order valence-electron chi connectivity index (χ2n) is 8.64. The Morgan fingerprint density at radius 1 is 0.969 bits per heavy atom. The van der Waals surface area contributed by atoms with Crippen LogP contribution in [0.3, 0.4) is 0 Å². The maximum absolute atomic E-state index is 13.2. The van der Waals surface area contributed by atoms with Gasteiger partial charge in [0, 0.05) is 36.2 Å². The minimum Gasteiger partial charge on any atom is -0.481 e. The molecular formula is C27H26N2O3. The first-order valence-corrected chi connectivity index (χ1v) is 11.1. The number of aromatic nitrogens is 1. The molecule has 1 aliphatic rings. The average Bonchev–Trinajstić information content (AvgIpc) is 3.11. The summed E-state index contributed by atoms with van der Waals surface area (Å²) in [5, 5.41) is 12.7. The lowest BCUT2D eigenvalue weighted by Gasteiger charge is -2.33. The fourth-order valence-electron chi connectivity index (χ4n) is 5.13. The molecule has 0 spiro atoms. The zero-order valence-corrected chi connectivity index (χ0v) is 18.1. The van der Waals surface area contributed by atoms with E-state index < -0.39 is 5.97 Å². The van der Waals surface area contributed by atoms with Crippen molar-refractivity contribution in [2.45, 2.75) is 38.3 Å². The molecule has 0 saturated carbocycles. The molecule has 0 aliphatic carbocycles. The molecule has 4 aromatic rings. The Kier molecular flexibility index (Phi) is 5.17. The van der Waals surface area contributed by atoms with Gasteiger partial charge >= 0.3 is 5.97 Å². The molecule has 0 saturated heterocycles. The third-order valence-electron chi connectivity index (χ3n) is 6.79. The molecule has 5 rings (SSSR count). The molecule has 32 heavy (non-hydrogen) atoms. The Balaban J connectivity index is 1.40. The number of aliphatic carboxylic acids is 1. The number of para-hydroxylation sites is 1. The van der Waals surface area contributed by atoms with Gasteiger partial charge in [-0.2, -0.15) is 0 Å². The van der Waals surface area contributed by atoms with E-state index in [0.29, 0.717) is 13.0 Å². The SMILES string of the molecule is CN(C(=O)Cc1cccc2ccccc12)C1CCc2c(CC(=O)O)c3ccccc3n2C1. The molecule has 5 heteroatoms. The number of carboxylic acids is 1. The van der Waals surface area contributed by atoms with Crippen molar-refractivity contribution < 1.29 is 14.7 Å². The number of nitrogens with zero attached hydrogens (tertiary/aromatic N) is 2. The number of likely N-dealkylation sites (N-methyl/N-ethyl adjacent to an activating group) is 1. The largest absolute Gasteiger partial charge is 0.481 e. The number of benzene rings is 3. The summed E-state index contributed by atoms with van der Waals surface area (Å²) in [5.74, 6) is -0.703. The molecule has 1 aromatic heterocycles. The number of hydrogen-bond donors (Lipinski definition) is 1. The fourth-order valence-corrected chi connectivity index (χ4v) is 5.13. The van der Waals surface area contributed by atoms with Gasteiger partial charge in [-0.1, -0.05) is 60.7 Å². The van der Waals surface area contributed by atoms with Crippen LogP contribution in [0.2, 0.25) is 0 Å². The number of fused-ring (bicyclic) bond motifs is 4. The van der Waals surface area contributed by atoms with Gasteiger partial charge in [-0.05, 0) is 40.8 Å². The lowest BCUT2D eigenvalue weighted by molar-refractivity contribution is -0.136. The Morgan fingerprint density at radius 3 is 2.50 bits per heavy atom. The van der Waals surface area contributed by atoms with Gasteiger partial charge in [-0.25, -0.2) is 0 Å². The third-order valence-corrected chi connectivity index (χ3v) is 6.79. The predicted octanol–water partition coefficient (Wildman–Crippen LogP) is 4.44. The molecule has 0 fully saturated rings. The van der Waals surface area contributed by atoms with Crippen molar-refractivity contribution in [2.75, 3.05) is 7.05 Å². The summed E-state index contributed by atoms with van der Waals surface area (Å²) in [5.41, 5.74) is 4.11. The second kappa shape index (κ2) is 8.15. The predicted molar refractivity (Wildman–Crippen MR) is 126 cm³/mol. The Hall–Kier alpha value is -3.60. The molecule has 0 radical (unpaired) electrons. The van der Waals surface area contributed by atoms with E-state index in [2.05, 4.69) is 22.8 Å². The van der Waals surface area contributed by atoms with Gasteiger partial charge in [0.1, 0.15) is 0 Å². The average molecular weight is 427 g/mol. The minimum atomic E-state index is -0.811. The number of hydrogen-bond acceptors (Lipinski definition) is 2. The lowest BCUT2D eigenvalue weighted by atomic mass is 9.98. The lowest BCUT2D eigenvalue weighted by Crippen LogP contribution is -2.43. The van der Waals surface area contributed by atoms with Crippen molar-refractivity contribution in [1.82, 2.24) is 9.47 Å². The molecular weight excluding hydrogens is 400 g/mol. The Labute approximate surface area is 186 Å². The quantitative estimate of drug-likeness (QED) is 0.513. The number of rotatable bonds is 5. The molecule has 1 N–H and O–H groups in total. The number of carboxylic acid groups (broad SMARTS) is 1. The first-order chi connectivity index (χ1) is 15.5. The van der Waals surface area contributed by atoms with Gasteiger partial charge in [0.25, 0.3) is 0 Å². The van der Waals surface area contributed by atoms with Gasteiger partial charge in [0.2, 0.25) is 5.91 Å². The highest BCUT2D eigenvalue weighted by molar-refractivity contribution is 5.91. The van der Waals surface area contributed by atoms with Crippen molar-refractivity contribution in [3.8, 4) is 0 Å². The molecule has 162 valence electrons. The molecule has 3 aromatic carbocycles. The standard InChI is InChI=1S/C27H26N2O3/c1-28(26(30)15-19-9-6-8-18-7-2-3-10-21(18)19)20-13-14-25-23(16-27(31)32)22-11-4-5-12-24(22)29(25)17-20/h2-12,20H,13-17H2,1H3,(H,31,32). The van der Waals surface area contributed by atoms with Gasteiger partial charge in [-0.3, -0.25) is 9.59 Å². The maximum Gasteiger partial charge on any atom is 0.307 e. The van der Waals surface area contributed by atoms with Gasteiger partial charge in [-0.15, -0.1) is 0 Å². The summed E-state index contributed by atoms with van der Waals surface area (Å²) in [6.07, 6.45) is 2.01. The van der Waals surface area contributed by atoms with E-state index in [0.717, 1.165) is 51.3 Å². The van der Waals surface area contributed by atoms with Crippen molar-refractivity contribution in [3.63, 3.8) is 0 Å². The smallest absolute Gasteiger partial charge is 0.307 e. The summed E-state index contributed by atoms with van der Waals surface area (Å²) < 4.78 is 2.23. The van der Waals surface area contributed by atoms with Crippen LogP contribution in [-0.2, 0) is 35.4 Å². The Morgan fingerprint density at radius 2 is 1.69 bits per heavy atom. The molecule has 1 aliphatic heterocycles. The highest BCUT2D eigenvalue weighted by Gasteiger charge is 2.29. The second-order valence-corrected chi connectivity index (χ2v) is 8.64. The van der Waals surface area contributed by atoms with Gasteiger partial charge in [0.15, 0.2) is 0 Å². The summed E-state index contributed by atoms with van der Waals surface area (Å²) in [6, 6.07) is 22.3. The van der Waals surface area contributed by atoms with E-state index in [9.17, 15) is 14.7 Å². The van der Waals surface area contributed by atoms with E-state index in [1.54, 1.807) is 0 Å². The maximum atomic E-state index is 13.2.